The molecule has 1 aliphatic heterocycles. The van der Waals surface area contributed by atoms with E-state index in [1.807, 2.05) is 79.0 Å². The largest absolute Gasteiger partial charge is 0.484 e. The molecule has 1 fully saturated rings. The quantitative estimate of drug-likeness (QED) is 0.175. The molecule has 0 radical (unpaired) electrons. The number of rotatable bonds is 8. The van der Waals surface area contributed by atoms with Gasteiger partial charge in [0.15, 0.2) is 11.7 Å². The average Bonchev–Trinajstić information content (AvgIpc) is 3.52. The number of ether oxygens (including phenoxy) is 1. The molecule has 0 spiro atoms. The first kappa shape index (κ1) is 30.1. The van der Waals surface area contributed by atoms with Crippen molar-refractivity contribution in [3.05, 3.63) is 137 Å². The van der Waals surface area contributed by atoms with E-state index in [2.05, 4.69) is 72.9 Å². The van der Waals surface area contributed by atoms with Crippen molar-refractivity contribution in [3.63, 3.8) is 0 Å². The van der Waals surface area contributed by atoms with Crippen molar-refractivity contribution in [2.24, 2.45) is 0 Å². The number of hydrogen-bond acceptors (Lipinski definition) is 4. The van der Waals surface area contributed by atoms with Gasteiger partial charge in [-0.15, -0.1) is 0 Å². The normalized spacial score (nSPS) is 16.0. The number of thiocarbonyl (C=S) groups is 1. The highest BCUT2D eigenvalue weighted by Gasteiger charge is 2.42. The van der Waals surface area contributed by atoms with Crippen molar-refractivity contribution in [3.8, 4) is 11.4 Å². The maximum atomic E-state index is 12.6. The number of anilines is 2. The monoisotopic (exact) mass is 615 g/mol. The SMILES string of the molecule is Cc1cc(C)c(-n2c(C)cc([C@@H]3[C@@H](c4ccccn4)NC(=S)N3c3ccc(NC(=O)COc4ccccc4)cc3)c2C)c(C)c1. The fourth-order valence-corrected chi connectivity index (χ4v) is 6.82. The molecule has 5 aromatic rings. The molecule has 0 bridgehead atoms. The van der Waals surface area contributed by atoms with E-state index in [0.29, 0.717) is 16.5 Å². The van der Waals surface area contributed by atoms with Crippen LogP contribution < -0.4 is 20.3 Å². The molecule has 3 heterocycles. The number of carbonyl (C=O) groups excluding carboxylic acids is 1. The second-order valence-corrected chi connectivity index (χ2v) is 12.0. The van der Waals surface area contributed by atoms with Crippen molar-refractivity contribution in [2.75, 3.05) is 16.8 Å². The third-order valence-corrected chi connectivity index (χ3v) is 8.60. The zero-order chi connectivity index (χ0) is 31.7. The Hall–Kier alpha value is -4.95. The minimum absolute atomic E-state index is 0.0741. The number of benzene rings is 3. The highest BCUT2D eigenvalue weighted by molar-refractivity contribution is 7.80. The minimum Gasteiger partial charge on any atom is -0.484 e. The predicted molar refractivity (Wildman–Crippen MR) is 184 cm³/mol. The van der Waals surface area contributed by atoms with Gasteiger partial charge in [0.25, 0.3) is 5.91 Å². The van der Waals surface area contributed by atoms with Crippen LogP contribution in [0, 0.1) is 34.6 Å². The Bertz CT molecular complexity index is 1830. The highest BCUT2D eigenvalue weighted by atomic mass is 32.1. The van der Waals surface area contributed by atoms with E-state index < -0.39 is 0 Å². The first-order valence-electron chi connectivity index (χ1n) is 15.1. The molecule has 7 nitrogen and oxygen atoms in total. The third kappa shape index (κ3) is 6.06. The van der Waals surface area contributed by atoms with Gasteiger partial charge in [-0.2, -0.15) is 0 Å². The molecule has 2 atom stereocenters. The summed E-state index contributed by atoms with van der Waals surface area (Å²) in [6.45, 7) is 10.8. The molecule has 228 valence electrons. The maximum Gasteiger partial charge on any atom is 0.262 e. The molecule has 1 saturated heterocycles. The van der Waals surface area contributed by atoms with Crippen LogP contribution in [0.5, 0.6) is 5.75 Å². The van der Waals surface area contributed by atoms with Crippen molar-refractivity contribution in [2.45, 2.75) is 46.7 Å². The van der Waals surface area contributed by atoms with Crippen molar-refractivity contribution in [1.29, 1.82) is 0 Å². The van der Waals surface area contributed by atoms with E-state index >= 15 is 0 Å². The number of pyridine rings is 1. The Balaban J connectivity index is 1.33. The molecular formula is C37H37N5O2S. The van der Waals surface area contributed by atoms with Crippen LogP contribution in [0.1, 0.15) is 51.4 Å². The number of para-hydroxylation sites is 1. The highest BCUT2D eigenvalue weighted by Crippen LogP contribution is 2.44. The van der Waals surface area contributed by atoms with E-state index in [0.717, 1.165) is 22.8 Å². The topological polar surface area (TPSA) is 71.4 Å². The summed E-state index contributed by atoms with van der Waals surface area (Å²) in [6, 6.07) is 29.5. The van der Waals surface area contributed by atoms with Crippen LogP contribution in [0.3, 0.4) is 0 Å². The average molecular weight is 616 g/mol. The zero-order valence-electron chi connectivity index (χ0n) is 26.2. The molecule has 0 unspecified atom stereocenters. The van der Waals surface area contributed by atoms with Gasteiger partial charge in [-0.3, -0.25) is 9.78 Å². The first-order chi connectivity index (χ1) is 21.7. The number of aryl methyl sites for hydroxylation is 4. The van der Waals surface area contributed by atoms with Crippen LogP contribution in [0.4, 0.5) is 11.4 Å². The molecule has 1 aliphatic rings. The van der Waals surface area contributed by atoms with Gasteiger partial charge in [0.1, 0.15) is 5.75 Å². The smallest absolute Gasteiger partial charge is 0.262 e. The summed E-state index contributed by atoms with van der Waals surface area (Å²) >= 11 is 5.99. The standard InChI is InChI=1S/C37H37N5O2S/c1-23-19-24(2)35(25(3)20-23)41-26(4)21-31(27(41)5)36-34(32-13-9-10-18-38-32)40-37(45)42(36)29-16-14-28(15-17-29)39-33(43)22-44-30-11-7-6-8-12-30/h6-21,34,36H,22H2,1-5H3,(H,39,43)(H,40,45)/t34-,36-/m1/s1. The van der Waals surface area contributed by atoms with Crippen LogP contribution in [-0.2, 0) is 4.79 Å². The minimum atomic E-state index is -0.229. The number of amides is 1. The van der Waals surface area contributed by atoms with Gasteiger partial charge in [0.05, 0.1) is 23.5 Å². The zero-order valence-corrected chi connectivity index (χ0v) is 27.0. The Labute approximate surface area is 269 Å². The van der Waals surface area contributed by atoms with Crippen molar-refractivity contribution >= 4 is 34.6 Å². The Morgan fingerprint density at radius 2 is 1.60 bits per heavy atom. The second kappa shape index (κ2) is 12.6. The lowest BCUT2D eigenvalue weighted by atomic mass is 9.96. The van der Waals surface area contributed by atoms with Gasteiger partial charge in [-0.25, -0.2) is 0 Å². The Morgan fingerprint density at radius 1 is 0.911 bits per heavy atom. The molecule has 2 aromatic heterocycles. The molecule has 45 heavy (non-hydrogen) atoms. The maximum absolute atomic E-state index is 12.6. The molecule has 8 heteroatoms. The summed E-state index contributed by atoms with van der Waals surface area (Å²) in [7, 11) is 0. The summed E-state index contributed by atoms with van der Waals surface area (Å²) < 4.78 is 7.96. The van der Waals surface area contributed by atoms with Crippen LogP contribution in [0.15, 0.2) is 97.2 Å². The number of carbonyl (C=O) groups is 1. The fourth-order valence-electron chi connectivity index (χ4n) is 6.47. The molecule has 3 aromatic carbocycles. The van der Waals surface area contributed by atoms with E-state index in [4.69, 9.17) is 21.9 Å². The van der Waals surface area contributed by atoms with Gasteiger partial charge in [-0.1, -0.05) is 42.0 Å². The number of hydrogen-bond donors (Lipinski definition) is 2. The van der Waals surface area contributed by atoms with Gasteiger partial charge in [-0.05, 0) is 118 Å². The van der Waals surface area contributed by atoms with Crippen molar-refractivity contribution < 1.29 is 9.53 Å². The Kier molecular flexibility index (Phi) is 8.41. The van der Waals surface area contributed by atoms with Gasteiger partial charge in [0.2, 0.25) is 0 Å². The predicted octanol–water partition coefficient (Wildman–Crippen LogP) is 7.61. The van der Waals surface area contributed by atoms with E-state index in [1.165, 1.54) is 27.9 Å². The lowest BCUT2D eigenvalue weighted by molar-refractivity contribution is -0.118. The van der Waals surface area contributed by atoms with E-state index in [1.54, 1.807) is 0 Å². The van der Waals surface area contributed by atoms with Gasteiger partial charge in [0, 0.05) is 29.0 Å². The van der Waals surface area contributed by atoms with Gasteiger partial charge >= 0.3 is 0 Å². The van der Waals surface area contributed by atoms with Gasteiger partial charge < -0.3 is 24.8 Å². The van der Waals surface area contributed by atoms with Crippen LogP contribution in [0.25, 0.3) is 5.69 Å². The van der Waals surface area contributed by atoms with E-state index in [9.17, 15) is 4.79 Å². The van der Waals surface area contributed by atoms with Crippen LogP contribution >= 0.6 is 12.2 Å². The second-order valence-electron chi connectivity index (χ2n) is 11.6. The molecular weight excluding hydrogens is 579 g/mol. The van der Waals surface area contributed by atoms with E-state index in [-0.39, 0.29) is 24.6 Å². The lowest BCUT2D eigenvalue weighted by Gasteiger charge is -2.28. The summed E-state index contributed by atoms with van der Waals surface area (Å²) in [5, 5.41) is 7.12. The fraction of sp³-hybridized carbons (Fsp3) is 0.216. The molecule has 0 saturated carbocycles. The number of aromatic nitrogens is 2. The van der Waals surface area contributed by atoms with Crippen LogP contribution in [0.2, 0.25) is 0 Å². The molecule has 1 amide bonds. The lowest BCUT2D eigenvalue weighted by Crippen LogP contribution is -2.29. The number of nitrogens with one attached hydrogen (secondary N) is 2. The summed E-state index contributed by atoms with van der Waals surface area (Å²) in [4.78, 5) is 19.5. The molecule has 0 aliphatic carbocycles. The van der Waals surface area contributed by atoms with Crippen LogP contribution in [-0.4, -0.2) is 27.2 Å². The molecule has 2 N–H and O–H groups in total. The van der Waals surface area contributed by atoms with Crippen molar-refractivity contribution in [1.82, 2.24) is 14.9 Å². The summed E-state index contributed by atoms with van der Waals surface area (Å²) in [6.07, 6.45) is 1.82. The first-order valence-corrected chi connectivity index (χ1v) is 15.5. The summed E-state index contributed by atoms with van der Waals surface area (Å²) in [5.41, 5.74) is 11.0. The summed E-state index contributed by atoms with van der Waals surface area (Å²) in [5.74, 6) is 0.422. The molecule has 6 rings (SSSR count). The third-order valence-electron chi connectivity index (χ3n) is 8.29. The Morgan fingerprint density at radius 3 is 2.27 bits per heavy atom. The number of nitrogens with zero attached hydrogens (tertiary/aromatic N) is 3.